The molecule has 0 saturated heterocycles. The van der Waals surface area contributed by atoms with Crippen molar-refractivity contribution >= 4 is 34.3 Å². The highest BCUT2D eigenvalue weighted by Crippen LogP contribution is 2.34. The average Bonchev–Trinajstić information content (AvgIpc) is 2.63. The van der Waals surface area contributed by atoms with Crippen molar-refractivity contribution in [3.63, 3.8) is 0 Å². The number of anilines is 3. The first-order chi connectivity index (χ1) is 7.74. The van der Waals surface area contributed by atoms with Gasteiger partial charge in [0.15, 0.2) is 0 Å². The summed E-state index contributed by atoms with van der Waals surface area (Å²) in [6.45, 7) is 0. The Bertz CT molecular complexity index is 579. The molecule has 0 unspecified atom stereocenters. The van der Waals surface area contributed by atoms with Crippen LogP contribution in [0.25, 0.3) is 0 Å². The van der Waals surface area contributed by atoms with Crippen molar-refractivity contribution in [2.45, 2.75) is 0 Å². The zero-order valence-electron chi connectivity index (χ0n) is 8.08. The summed E-state index contributed by atoms with van der Waals surface area (Å²) in [5.41, 5.74) is 2.51. The van der Waals surface area contributed by atoms with E-state index in [2.05, 4.69) is 10.6 Å². The number of hydrogen-bond donors (Lipinski definition) is 2. The largest absolute Gasteiger partial charge is 0.352 e. The van der Waals surface area contributed by atoms with E-state index >= 15 is 0 Å². The molecule has 1 aromatic heterocycles. The minimum absolute atomic E-state index is 0.292. The number of nitrogens with one attached hydrogen (secondary N) is 2. The fraction of sp³-hybridized carbons (Fsp3) is 0. The fourth-order valence-electron chi connectivity index (χ4n) is 1.64. The summed E-state index contributed by atoms with van der Waals surface area (Å²) in [5.74, 6) is -0.709. The van der Waals surface area contributed by atoms with Gasteiger partial charge in [0, 0.05) is 10.8 Å². The van der Waals surface area contributed by atoms with Gasteiger partial charge in [0.1, 0.15) is 5.82 Å². The van der Waals surface area contributed by atoms with Gasteiger partial charge in [-0.15, -0.1) is 11.3 Å². The van der Waals surface area contributed by atoms with Gasteiger partial charge in [-0.1, -0.05) is 0 Å². The van der Waals surface area contributed by atoms with Crippen molar-refractivity contribution in [1.82, 2.24) is 0 Å². The predicted molar refractivity (Wildman–Crippen MR) is 62.0 cm³/mol. The van der Waals surface area contributed by atoms with Crippen LogP contribution >= 0.6 is 11.3 Å². The molecule has 0 atom stereocenters. The van der Waals surface area contributed by atoms with E-state index in [1.54, 1.807) is 6.07 Å². The van der Waals surface area contributed by atoms with Crippen LogP contribution in [0.4, 0.5) is 21.5 Å². The highest BCUT2D eigenvalue weighted by atomic mass is 32.1. The molecule has 1 amide bonds. The second kappa shape index (κ2) is 3.31. The molecule has 2 heterocycles. The molecule has 0 radical (unpaired) electrons. The second-order valence-corrected chi connectivity index (χ2v) is 4.21. The molecule has 0 bridgehead atoms. The number of benzene rings is 1. The van der Waals surface area contributed by atoms with Crippen LogP contribution < -0.4 is 10.6 Å². The van der Waals surface area contributed by atoms with E-state index in [4.69, 9.17) is 0 Å². The van der Waals surface area contributed by atoms with Gasteiger partial charge in [-0.05, 0) is 18.2 Å². The van der Waals surface area contributed by atoms with Crippen molar-refractivity contribution < 1.29 is 9.18 Å². The summed E-state index contributed by atoms with van der Waals surface area (Å²) in [5, 5.41) is 9.56. The summed E-state index contributed by atoms with van der Waals surface area (Å²) >= 11 is 1.49. The topological polar surface area (TPSA) is 41.1 Å². The van der Waals surface area contributed by atoms with Crippen LogP contribution in [0.15, 0.2) is 29.0 Å². The van der Waals surface area contributed by atoms with Gasteiger partial charge >= 0.3 is 0 Å². The average molecular weight is 234 g/mol. The van der Waals surface area contributed by atoms with E-state index in [0.717, 1.165) is 11.4 Å². The number of carbonyl (C=O) groups excluding carboxylic acids is 1. The molecule has 0 spiro atoms. The standard InChI is InChI=1S/C11H7FN2OS/c12-6-1-2-8-7(3-6)11(15)14-10-5-16-4-9(10)13-8/h1-5,13H,(H,14,15). The fourth-order valence-corrected chi connectivity index (χ4v) is 2.35. The summed E-state index contributed by atoms with van der Waals surface area (Å²) in [4.78, 5) is 11.8. The molecular weight excluding hydrogens is 227 g/mol. The minimum Gasteiger partial charge on any atom is -0.352 e. The van der Waals surface area contributed by atoms with E-state index in [-0.39, 0.29) is 5.91 Å². The van der Waals surface area contributed by atoms with E-state index in [0.29, 0.717) is 11.3 Å². The first-order valence-electron chi connectivity index (χ1n) is 4.68. The Morgan fingerprint density at radius 1 is 1.06 bits per heavy atom. The predicted octanol–water partition coefficient (Wildman–Crippen LogP) is 3.20. The molecule has 2 N–H and O–H groups in total. The maximum Gasteiger partial charge on any atom is 0.257 e. The maximum atomic E-state index is 13.0. The molecule has 16 heavy (non-hydrogen) atoms. The molecule has 80 valence electrons. The number of rotatable bonds is 0. The number of halogens is 1. The van der Waals surface area contributed by atoms with Crippen LogP contribution in [-0.4, -0.2) is 5.91 Å². The van der Waals surface area contributed by atoms with Crippen LogP contribution in [0.3, 0.4) is 0 Å². The molecule has 2 aromatic rings. The lowest BCUT2D eigenvalue weighted by Gasteiger charge is -2.05. The summed E-state index contributed by atoms with van der Waals surface area (Å²) in [7, 11) is 0. The number of thiophene rings is 1. The number of hydrogen-bond acceptors (Lipinski definition) is 3. The molecule has 3 nitrogen and oxygen atoms in total. The second-order valence-electron chi connectivity index (χ2n) is 3.47. The summed E-state index contributed by atoms with van der Waals surface area (Å²) in [6.07, 6.45) is 0. The highest BCUT2D eigenvalue weighted by molar-refractivity contribution is 7.09. The van der Waals surface area contributed by atoms with Crippen LogP contribution in [0.2, 0.25) is 0 Å². The lowest BCUT2D eigenvalue weighted by molar-refractivity contribution is 0.102. The summed E-state index contributed by atoms with van der Waals surface area (Å²) < 4.78 is 13.0. The van der Waals surface area contributed by atoms with Crippen molar-refractivity contribution in [2.24, 2.45) is 0 Å². The lowest BCUT2D eigenvalue weighted by atomic mass is 10.1. The number of fused-ring (bicyclic) bond motifs is 2. The van der Waals surface area contributed by atoms with Crippen molar-refractivity contribution in [3.05, 3.63) is 40.3 Å². The van der Waals surface area contributed by atoms with Crippen molar-refractivity contribution in [1.29, 1.82) is 0 Å². The normalized spacial score (nSPS) is 13.2. The highest BCUT2D eigenvalue weighted by Gasteiger charge is 2.19. The third-order valence-corrected chi connectivity index (χ3v) is 3.15. The SMILES string of the molecule is O=C1Nc2cscc2Nc2ccc(F)cc21. The first kappa shape index (κ1) is 9.35. The van der Waals surface area contributed by atoms with Crippen LogP contribution in [-0.2, 0) is 0 Å². The van der Waals surface area contributed by atoms with E-state index < -0.39 is 5.82 Å². The van der Waals surface area contributed by atoms with Gasteiger partial charge in [0.05, 0.1) is 22.6 Å². The molecule has 0 fully saturated rings. The number of amides is 1. The smallest absolute Gasteiger partial charge is 0.257 e. The molecule has 5 heteroatoms. The molecule has 0 aliphatic carbocycles. The summed E-state index contributed by atoms with van der Waals surface area (Å²) in [6, 6.07) is 4.13. The lowest BCUT2D eigenvalue weighted by Crippen LogP contribution is -2.10. The Hall–Kier alpha value is -1.88. The first-order valence-corrected chi connectivity index (χ1v) is 5.62. The maximum absolute atomic E-state index is 13.0. The Morgan fingerprint density at radius 2 is 1.81 bits per heavy atom. The third kappa shape index (κ3) is 1.37. The van der Waals surface area contributed by atoms with Gasteiger partial charge in [0.2, 0.25) is 0 Å². The van der Waals surface area contributed by atoms with E-state index in [1.165, 1.54) is 23.5 Å². The van der Waals surface area contributed by atoms with Crippen molar-refractivity contribution in [3.8, 4) is 0 Å². The van der Waals surface area contributed by atoms with Crippen molar-refractivity contribution in [2.75, 3.05) is 10.6 Å². The molecule has 3 rings (SSSR count). The van der Waals surface area contributed by atoms with Gasteiger partial charge in [0.25, 0.3) is 5.91 Å². The number of carbonyl (C=O) groups is 1. The van der Waals surface area contributed by atoms with Crippen LogP contribution in [0, 0.1) is 5.82 Å². The Balaban J connectivity index is 2.18. The zero-order valence-corrected chi connectivity index (χ0v) is 8.90. The molecule has 1 aliphatic rings. The van der Waals surface area contributed by atoms with E-state index in [9.17, 15) is 9.18 Å². The van der Waals surface area contributed by atoms with E-state index in [1.807, 2.05) is 10.8 Å². The monoisotopic (exact) mass is 234 g/mol. The van der Waals surface area contributed by atoms with Gasteiger partial charge in [-0.2, -0.15) is 0 Å². The minimum atomic E-state index is -0.417. The molecule has 0 saturated carbocycles. The Morgan fingerprint density at radius 3 is 2.62 bits per heavy atom. The quantitative estimate of drug-likeness (QED) is 0.735. The molecule has 1 aromatic carbocycles. The molecule has 1 aliphatic heterocycles. The Kier molecular flexibility index (Phi) is 1.94. The van der Waals surface area contributed by atoms with Gasteiger partial charge < -0.3 is 10.6 Å². The molecular formula is C11H7FN2OS. The van der Waals surface area contributed by atoms with Crippen LogP contribution in [0.1, 0.15) is 10.4 Å². The third-order valence-electron chi connectivity index (χ3n) is 2.41. The van der Waals surface area contributed by atoms with Gasteiger partial charge in [-0.3, -0.25) is 4.79 Å². The van der Waals surface area contributed by atoms with Gasteiger partial charge in [-0.25, -0.2) is 4.39 Å². The van der Waals surface area contributed by atoms with Crippen LogP contribution in [0.5, 0.6) is 0 Å². The zero-order chi connectivity index (χ0) is 11.1. The Labute approximate surface area is 94.9 Å².